The Kier molecular flexibility index (Phi) is 3.99. The summed E-state index contributed by atoms with van der Waals surface area (Å²) in [6.45, 7) is 4.59. The number of rotatable bonds is 2. The Balaban J connectivity index is 1.71. The van der Waals surface area contributed by atoms with E-state index in [2.05, 4.69) is 6.92 Å². The van der Waals surface area contributed by atoms with Gasteiger partial charge in [-0.3, -0.25) is 9.59 Å². The van der Waals surface area contributed by atoms with Gasteiger partial charge in [0.25, 0.3) is 0 Å². The second-order valence-corrected chi connectivity index (χ2v) is 6.80. The molecule has 0 aromatic rings. The van der Waals surface area contributed by atoms with Gasteiger partial charge in [0.15, 0.2) is 0 Å². The van der Waals surface area contributed by atoms with Crippen LogP contribution in [0, 0.1) is 11.8 Å². The molecular weight excluding hydrogens is 252 g/mol. The van der Waals surface area contributed by atoms with Gasteiger partial charge < -0.3 is 9.80 Å². The fraction of sp³-hybridized carbons (Fsp3) is 0.875. The summed E-state index contributed by atoms with van der Waals surface area (Å²) in [5.41, 5.74) is 0. The van der Waals surface area contributed by atoms with E-state index in [1.54, 1.807) is 0 Å². The molecule has 0 spiro atoms. The third kappa shape index (κ3) is 2.57. The van der Waals surface area contributed by atoms with E-state index in [0.717, 1.165) is 38.3 Å². The van der Waals surface area contributed by atoms with E-state index in [9.17, 15) is 9.59 Å². The highest BCUT2D eigenvalue weighted by Gasteiger charge is 2.38. The first-order valence-electron chi connectivity index (χ1n) is 8.25. The normalized spacial score (nSPS) is 35.1. The largest absolute Gasteiger partial charge is 0.340 e. The molecule has 0 aromatic heterocycles. The van der Waals surface area contributed by atoms with Crippen LogP contribution in [-0.2, 0) is 9.59 Å². The number of amides is 2. The lowest BCUT2D eigenvalue weighted by atomic mass is 9.96. The van der Waals surface area contributed by atoms with Crippen molar-refractivity contribution in [3.8, 4) is 0 Å². The number of nitrogens with zero attached hydrogens (tertiary/aromatic N) is 2. The van der Waals surface area contributed by atoms with E-state index in [1.807, 2.05) is 9.80 Å². The lowest BCUT2D eigenvalue weighted by Gasteiger charge is -2.35. The van der Waals surface area contributed by atoms with Gasteiger partial charge >= 0.3 is 0 Å². The molecule has 0 radical (unpaired) electrons. The predicted molar refractivity (Wildman–Crippen MR) is 77.1 cm³/mol. The second-order valence-electron chi connectivity index (χ2n) is 6.80. The first-order valence-corrected chi connectivity index (χ1v) is 8.25. The minimum atomic E-state index is -0.157. The quantitative estimate of drug-likeness (QED) is 0.775. The van der Waals surface area contributed by atoms with Crippen LogP contribution >= 0.6 is 0 Å². The molecule has 2 amide bonds. The molecule has 2 heterocycles. The van der Waals surface area contributed by atoms with E-state index in [4.69, 9.17) is 0 Å². The van der Waals surface area contributed by atoms with E-state index in [0.29, 0.717) is 18.9 Å². The minimum absolute atomic E-state index is 0.157. The lowest BCUT2D eigenvalue weighted by molar-refractivity contribution is -0.143. The number of hydrogen-bond donors (Lipinski definition) is 0. The topological polar surface area (TPSA) is 40.6 Å². The molecule has 3 aliphatic rings. The third-order valence-corrected chi connectivity index (χ3v) is 5.51. The van der Waals surface area contributed by atoms with Crippen LogP contribution in [0.2, 0.25) is 0 Å². The van der Waals surface area contributed by atoms with Crippen LogP contribution < -0.4 is 0 Å². The van der Waals surface area contributed by atoms with Crippen LogP contribution in [0.1, 0.15) is 51.9 Å². The van der Waals surface area contributed by atoms with Crippen molar-refractivity contribution in [2.45, 2.75) is 57.9 Å². The van der Waals surface area contributed by atoms with Gasteiger partial charge in [-0.2, -0.15) is 0 Å². The van der Waals surface area contributed by atoms with Gasteiger partial charge in [-0.1, -0.05) is 19.8 Å². The standard InChI is InChI=1S/C16H26N2O2/c1-12-5-4-6-13(12)11-17-10-8-15(19)18-9-3-2-7-14(18)16(17)20/h12-14H,2-11H2,1H3. The van der Waals surface area contributed by atoms with Crippen LogP contribution in [0.25, 0.3) is 0 Å². The predicted octanol–water partition coefficient (Wildman–Crippen LogP) is 2.04. The SMILES string of the molecule is CC1CCCC1CN1CCC(=O)N2CCCCC2C1=O. The third-order valence-electron chi connectivity index (χ3n) is 5.51. The monoisotopic (exact) mass is 278 g/mol. The maximum Gasteiger partial charge on any atom is 0.245 e. The zero-order chi connectivity index (χ0) is 14.1. The maximum absolute atomic E-state index is 12.8. The van der Waals surface area contributed by atoms with Crippen molar-refractivity contribution in [1.82, 2.24) is 9.80 Å². The maximum atomic E-state index is 12.8. The molecule has 0 bridgehead atoms. The summed E-state index contributed by atoms with van der Waals surface area (Å²) < 4.78 is 0. The molecule has 0 N–H and O–H groups in total. The van der Waals surface area contributed by atoms with Gasteiger partial charge in [-0.15, -0.1) is 0 Å². The molecule has 4 heteroatoms. The fourth-order valence-corrected chi connectivity index (χ4v) is 4.14. The summed E-state index contributed by atoms with van der Waals surface area (Å²) in [7, 11) is 0. The van der Waals surface area contributed by atoms with Gasteiger partial charge in [0.2, 0.25) is 11.8 Å². The molecule has 2 saturated heterocycles. The van der Waals surface area contributed by atoms with E-state index in [1.165, 1.54) is 19.3 Å². The van der Waals surface area contributed by atoms with E-state index in [-0.39, 0.29) is 17.9 Å². The lowest BCUT2D eigenvalue weighted by Crippen LogP contribution is -2.50. The second kappa shape index (κ2) is 5.74. The highest BCUT2D eigenvalue weighted by atomic mass is 16.2. The Labute approximate surface area is 121 Å². The number of piperidine rings is 1. The zero-order valence-corrected chi connectivity index (χ0v) is 12.5. The van der Waals surface area contributed by atoms with E-state index < -0.39 is 0 Å². The van der Waals surface area contributed by atoms with Crippen molar-refractivity contribution in [1.29, 1.82) is 0 Å². The van der Waals surface area contributed by atoms with Crippen LogP contribution in [0.15, 0.2) is 0 Å². The van der Waals surface area contributed by atoms with Crippen molar-refractivity contribution in [2.24, 2.45) is 11.8 Å². The summed E-state index contributed by atoms with van der Waals surface area (Å²) >= 11 is 0. The van der Waals surface area contributed by atoms with Crippen LogP contribution in [0.5, 0.6) is 0 Å². The number of carbonyl (C=O) groups is 2. The van der Waals surface area contributed by atoms with E-state index >= 15 is 0 Å². The molecule has 3 fully saturated rings. The Morgan fingerprint density at radius 3 is 2.65 bits per heavy atom. The van der Waals surface area contributed by atoms with Crippen molar-refractivity contribution < 1.29 is 9.59 Å². The number of fused-ring (bicyclic) bond motifs is 1. The highest BCUT2D eigenvalue weighted by Crippen LogP contribution is 2.33. The smallest absolute Gasteiger partial charge is 0.245 e. The van der Waals surface area contributed by atoms with Crippen molar-refractivity contribution in [3.63, 3.8) is 0 Å². The molecule has 1 saturated carbocycles. The van der Waals surface area contributed by atoms with Gasteiger partial charge in [0.1, 0.15) is 6.04 Å². The molecule has 3 rings (SSSR count). The summed E-state index contributed by atoms with van der Waals surface area (Å²) in [6, 6.07) is -0.157. The molecular formula is C16H26N2O2. The molecule has 3 atom stereocenters. The van der Waals surface area contributed by atoms with Crippen molar-refractivity contribution in [2.75, 3.05) is 19.6 Å². The van der Waals surface area contributed by atoms with Crippen LogP contribution in [0.4, 0.5) is 0 Å². The molecule has 0 aromatic carbocycles. The zero-order valence-electron chi connectivity index (χ0n) is 12.5. The first-order chi connectivity index (χ1) is 9.66. The van der Waals surface area contributed by atoms with Crippen molar-refractivity contribution >= 4 is 11.8 Å². The van der Waals surface area contributed by atoms with Crippen LogP contribution in [-0.4, -0.2) is 47.3 Å². The average molecular weight is 278 g/mol. The summed E-state index contributed by atoms with van der Waals surface area (Å²) in [5, 5.41) is 0. The van der Waals surface area contributed by atoms with Gasteiger partial charge in [0, 0.05) is 26.1 Å². The summed E-state index contributed by atoms with van der Waals surface area (Å²) in [6.07, 6.45) is 7.34. The Hall–Kier alpha value is -1.06. The average Bonchev–Trinajstić information content (AvgIpc) is 2.82. The van der Waals surface area contributed by atoms with Crippen molar-refractivity contribution in [3.05, 3.63) is 0 Å². The minimum Gasteiger partial charge on any atom is -0.340 e. The van der Waals surface area contributed by atoms with Crippen LogP contribution in [0.3, 0.4) is 0 Å². The molecule has 3 unspecified atom stereocenters. The Morgan fingerprint density at radius 2 is 1.90 bits per heavy atom. The number of carbonyl (C=O) groups excluding carboxylic acids is 2. The summed E-state index contributed by atoms with van der Waals surface area (Å²) in [5.74, 6) is 1.77. The molecule has 2 aliphatic heterocycles. The van der Waals surface area contributed by atoms with Gasteiger partial charge in [-0.05, 0) is 37.5 Å². The Morgan fingerprint density at radius 1 is 1.05 bits per heavy atom. The first kappa shape index (κ1) is 13.9. The Bertz CT molecular complexity index is 396. The molecule has 1 aliphatic carbocycles. The highest BCUT2D eigenvalue weighted by molar-refractivity contribution is 5.90. The fourth-order valence-electron chi connectivity index (χ4n) is 4.14. The summed E-state index contributed by atoms with van der Waals surface area (Å²) in [4.78, 5) is 28.8. The molecule has 20 heavy (non-hydrogen) atoms. The van der Waals surface area contributed by atoms with Gasteiger partial charge in [0.05, 0.1) is 0 Å². The molecule has 4 nitrogen and oxygen atoms in total. The van der Waals surface area contributed by atoms with Gasteiger partial charge in [-0.25, -0.2) is 0 Å². The molecule has 112 valence electrons. The number of hydrogen-bond acceptors (Lipinski definition) is 2.